The van der Waals surface area contributed by atoms with Gasteiger partial charge in [-0.25, -0.2) is 9.67 Å². The lowest BCUT2D eigenvalue weighted by Gasteiger charge is -2.35. The molecular formula is C20H25N5O4. The van der Waals surface area contributed by atoms with Crippen LogP contribution in [0.2, 0.25) is 0 Å². The standard InChI is InChI=1S/C20H25N5O4/c1-28-17-15(3-2-7-21-17)10-23-8-6-20(12-23)13-24-16(11-29-20)22-25(9-14-4-5-14)19(27)18(24)26/h2-3,7,14H,4-6,8-13H2,1H3/t20-/m1/s1. The fourth-order valence-corrected chi connectivity index (χ4v) is 4.35. The third kappa shape index (κ3) is 3.49. The number of hydrogen-bond acceptors (Lipinski definition) is 7. The van der Waals surface area contributed by atoms with Crippen molar-refractivity contribution in [2.45, 2.75) is 51.1 Å². The minimum absolute atomic E-state index is 0.254. The molecule has 0 aromatic carbocycles. The van der Waals surface area contributed by atoms with Gasteiger partial charge in [0, 0.05) is 37.9 Å². The zero-order valence-electron chi connectivity index (χ0n) is 16.5. The summed E-state index contributed by atoms with van der Waals surface area (Å²) >= 11 is 0. The highest BCUT2D eigenvalue weighted by atomic mass is 16.5. The Morgan fingerprint density at radius 1 is 1.28 bits per heavy atom. The maximum Gasteiger partial charge on any atom is 0.332 e. The van der Waals surface area contributed by atoms with E-state index in [1.807, 2.05) is 12.1 Å². The van der Waals surface area contributed by atoms with Gasteiger partial charge in [-0.3, -0.25) is 19.1 Å². The Morgan fingerprint density at radius 2 is 2.14 bits per heavy atom. The predicted molar refractivity (Wildman–Crippen MR) is 104 cm³/mol. The van der Waals surface area contributed by atoms with Gasteiger partial charge in [-0.05, 0) is 31.2 Å². The Morgan fingerprint density at radius 3 is 2.93 bits per heavy atom. The minimum Gasteiger partial charge on any atom is -0.481 e. The van der Waals surface area contributed by atoms with Crippen LogP contribution in [-0.4, -0.2) is 50.0 Å². The third-order valence-corrected chi connectivity index (χ3v) is 6.12. The van der Waals surface area contributed by atoms with Gasteiger partial charge in [0.1, 0.15) is 12.2 Å². The van der Waals surface area contributed by atoms with Gasteiger partial charge >= 0.3 is 11.1 Å². The van der Waals surface area contributed by atoms with Gasteiger partial charge in [0.2, 0.25) is 5.88 Å². The van der Waals surface area contributed by atoms with Crippen LogP contribution in [0.3, 0.4) is 0 Å². The van der Waals surface area contributed by atoms with Crippen molar-refractivity contribution in [3.8, 4) is 5.88 Å². The van der Waals surface area contributed by atoms with E-state index in [4.69, 9.17) is 9.47 Å². The molecule has 2 aromatic rings. The van der Waals surface area contributed by atoms with E-state index in [0.717, 1.165) is 31.4 Å². The lowest BCUT2D eigenvalue weighted by atomic mass is 10.0. The number of pyridine rings is 1. The molecule has 1 spiro atoms. The maximum absolute atomic E-state index is 12.7. The van der Waals surface area contributed by atoms with Crippen LogP contribution in [0.4, 0.5) is 0 Å². The molecule has 4 heterocycles. The summed E-state index contributed by atoms with van der Waals surface area (Å²) in [5.41, 5.74) is -0.452. The second-order valence-electron chi connectivity index (χ2n) is 8.34. The Balaban J connectivity index is 1.34. The van der Waals surface area contributed by atoms with Crippen LogP contribution >= 0.6 is 0 Å². The smallest absolute Gasteiger partial charge is 0.332 e. The molecule has 1 saturated carbocycles. The quantitative estimate of drug-likeness (QED) is 0.672. The van der Waals surface area contributed by atoms with Crippen molar-refractivity contribution < 1.29 is 9.47 Å². The molecule has 29 heavy (non-hydrogen) atoms. The largest absolute Gasteiger partial charge is 0.481 e. The van der Waals surface area contributed by atoms with Crippen LogP contribution in [-0.2, 0) is 31.0 Å². The van der Waals surface area contributed by atoms with E-state index in [1.54, 1.807) is 13.3 Å². The van der Waals surface area contributed by atoms with Gasteiger partial charge in [-0.15, -0.1) is 0 Å². The van der Waals surface area contributed by atoms with E-state index in [9.17, 15) is 9.59 Å². The first kappa shape index (κ1) is 18.5. The van der Waals surface area contributed by atoms with Gasteiger partial charge < -0.3 is 9.47 Å². The number of fused-ring (bicyclic) bond motifs is 1. The van der Waals surface area contributed by atoms with Crippen LogP contribution in [0, 0.1) is 5.92 Å². The molecule has 0 amide bonds. The van der Waals surface area contributed by atoms with Crippen LogP contribution in [0.25, 0.3) is 0 Å². The van der Waals surface area contributed by atoms with Crippen molar-refractivity contribution in [1.82, 2.24) is 24.2 Å². The molecule has 1 aliphatic carbocycles. The van der Waals surface area contributed by atoms with Crippen molar-refractivity contribution in [1.29, 1.82) is 0 Å². The predicted octanol–water partition coefficient (Wildman–Crippen LogP) is 0.394. The molecule has 1 saturated heterocycles. The summed E-state index contributed by atoms with van der Waals surface area (Å²) in [6.45, 7) is 3.38. The summed E-state index contributed by atoms with van der Waals surface area (Å²) < 4.78 is 14.4. The number of aromatic nitrogens is 4. The topological polar surface area (TPSA) is 91.5 Å². The Hall–Kier alpha value is -2.52. The first-order chi connectivity index (χ1) is 14.1. The third-order valence-electron chi connectivity index (χ3n) is 6.12. The summed E-state index contributed by atoms with van der Waals surface area (Å²) in [6, 6.07) is 3.90. The molecule has 3 aliphatic rings. The van der Waals surface area contributed by atoms with E-state index >= 15 is 0 Å². The molecule has 2 aliphatic heterocycles. The van der Waals surface area contributed by atoms with Gasteiger partial charge in [-0.1, -0.05) is 6.07 Å². The summed E-state index contributed by atoms with van der Waals surface area (Å²) in [4.78, 5) is 31.7. The highest BCUT2D eigenvalue weighted by molar-refractivity contribution is 5.25. The molecule has 0 radical (unpaired) electrons. The van der Waals surface area contributed by atoms with Crippen LogP contribution in [0.1, 0.15) is 30.7 Å². The summed E-state index contributed by atoms with van der Waals surface area (Å²) in [6.07, 6.45) is 4.71. The van der Waals surface area contributed by atoms with Crippen molar-refractivity contribution in [3.05, 3.63) is 50.4 Å². The summed E-state index contributed by atoms with van der Waals surface area (Å²) in [5.74, 6) is 1.65. The number of ether oxygens (including phenoxy) is 2. The van der Waals surface area contributed by atoms with Crippen LogP contribution in [0.5, 0.6) is 5.88 Å². The van der Waals surface area contributed by atoms with Crippen molar-refractivity contribution in [2.75, 3.05) is 20.2 Å². The number of rotatable bonds is 5. The molecule has 5 rings (SSSR count). The summed E-state index contributed by atoms with van der Waals surface area (Å²) in [7, 11) is 1.62. The fourth-order valence-electron chi connectivity index (χ4n) is 4.35. The number of methoxy groups -OCH3 is 1. The molecule has 154 valence electrons. The zero-order valence-corrected chi connectivity index (χ0v) is 16.5. The fraction of sp³-hybridized carbons (Fsp3) is 0.600. The monoisotopic (exact) mass is 399 g/mol. The first-order valence-electron chi connectivity index (χ1n) is 10.1. The van der Waals surface area contributed by atoms with E-state index < -0.39 is 16.7 Å². The highest BCUT2D eigenvalue weighted by Crippen LogP contribution is 2.33. The zero-order chi connectivity index (χ0) is 20.0. The average Bonchev–Trinajstić information content (AvgIpc) is 3.47. The van der Waals surface area contributed by atoms with Gasteiger partial charge in [0.05, 0.1) is 13.7 Å². The Kier molecular flexibility index (Phi) is 4.51. The number of nitrogens with zero attached hydrogens (tertiary/aromatic N) is 5. The molecule has 9 nitrogen and oxygen atoms in total. The highest BCUT2D eigenvalue weighted by Gasteiger charge is 2.43. The van der Waals surface area contributed by atoms with Gasteiger partial charge in [0.25, 0.3) is 0 Å². The van der Waals surface area contributed by atoms with Crippen LogP contribution < -0.4 is 15.9 Å². The molecule has 2 fully saturated rings. The molecule has 0 bridgehead atoms. The van der Waals surface area contributed by atoms with E-state index in [0.29, 0.717) is 43.8 Å². The Bertz CT molecular complexity index is 1040. The normalized spacial score (nSPS) is 24.0. The number of hydrogen-bond donors (Lipinski definition) is 0. The van der Waals surface area contributed by atoms with Crippen molar-refractivity contribution in [2.24, 2.45) is 5.92 Å². The van der Waals surface area contributed by atoms with Gasteiger partial charge in [0.15, 0.2) is 5.82 Å². The minimum atomic E-state index is -0.521. The second-order valence-corrected chi connectivity index (χ2v) is 8.34. The number of likely N-dealkylation sites (tertiary alicyclic amines) is 1. The van der Waals surface area contributed by atoms with Crippen LogP contribution in [0.15, 0.2) is 27.9 Å². The lowest BCUT2D eigenvalue weighted by molar-refractivity contribution is -0.0859. The average molecular weight is 399 g/mol. The second kappa shape index (κ2) is 7.07. The molecular weight excluding hydrogens is 374 g/mol. The SMILES string of the molecule is COc1ncccc1CN1CC[C@@]2(C1)Cn1c(nn(CC3CC3)c(=O)c1=O)CO2. The van der Waals surface area contributed by atoms with E-state index in [-0.39, 0.29) is 6.61 Å². The molecule has 1 atom stereocenters. The molecule has 0 unspecified atom stereocenters. The maximum atomic E-state index is 12.7. The van der Waals surface area contributed by atoms with E-state index in [1.165, 1.54) is 9.25 Å². The molecule has 2 aromatic heterocycles. The van der Waals surface area contributed by atoms with Crippen molar-refractivity contribution >= 4 is 0 Å². The summed E-state index contributed by atoms with van der Waals surface area (Å²) in [5, 5.41) is 4.42. The molecule has 9 heteroatoms. The van der Waals surface area contributed by atoms with Gasteiger partial charge in [-0.2, -0.15) is 5.10 Å². The molecule has 0 N–H and O–H groups in total. The van der Waals surface area contributed by atoms with E-state index in [2.05, 4.69) is 15.0 Å². The lowest BCUT2D eigenvalue weighted by Crippen LogP contribution is -2.53. The van der Waals surface area contributed by atoms with Crippen molar-refractivity contribution in [3.63, 3.8) is 0 Å². The first-order valence-corrected chi connectivity index (χ1v) is 10.1. The Labute approximate surface area is 167 Å².